The van der Waals surface area contributed by atoms with Crippen molar-refractivity contribution in [3.8, 4) is 11.5 Å². The van der Waals surface area contributed by atoms with Gasteiger partial charge in [0, 0.05) is 49.4 Å². The minimum Gasteiger partial charge on any atom is -0.504 e. The molecule has 1 heterocycles. The van der Waals surface area contributed by atoms with Gasteiger partial charge in [0.25, 0.3) is 0 Å². The van der Waals surface area contributed by atoms with Crippen LogP contribution in [0.15, 0.2) is 12.1 Å². The summed E-state index contributed by atoms with van der Waals surface area (Å²) in [4.78, 5) is 2.08. The van der Waals surface area contributed by atoms with Crippen LogP contribution in [-0.4, -0.2) is 62.3 Å². The monoisotopic (exact) mass is 334 g/mol. The second-order valence-corrected chi connectivity index (χ2v) is 7.47. The van der Waals surface area contributed by atoms with Gasteiger partial charge in [0.2, 0.25) is 10.0 Å². The normalized spacial score (nSPS) is 17.9. The number of phenolic OH excluding ortho intramolecular Hbond substituents is 1. The maximum absolute atomic E-state index is 11.5. The topological polar surface area (TPSA) is 70.1 Å². The smallest absolute Gasteiger partial charge is 0.211 e. The lowest BCUT2D eigenvalue weighted by Crippen LogP contribution is -2.47. The molecule has 1 aliphatic heterocycles. The Labute approximate surface area is 129 Å². The van der Waals surface area contributed by atoms with Gasteiger partial charge in [-0.2, -0.15) is 4.31 Å². The highest BCUT2D eigenvalue weighted by molar-refractivity contribution is 7.88. The molecule has 1 aromatic carbocycles. The van der Waals surface area contributed by atoms with Crippen LogP contribution in [0.3, 0.4) is 0 Å². The van der Waals surface area contributed by atoms with Crippen molar-refractivity contribution in [3.63, 3.8) is 0 Å². The quantitative estimate of drug-likeness (QED) is 0.894. The third-order valence-corrected chi connectivity index (χ3v) is 5.05. The Kier molecular flexibility index (Phi) is 4.98. The number of nitrogens with zero attached hydrogens (tertiary/aromatic N) is 2. The van der Waals surface area contributed by atoms with Crippen LogP contribution in [0.1, 0.15) is 5.56 Å². The third-order valence-electron chi connectivity index (χ3n) is 3.53. The lowest BCUT2D eigenvalue weighted by atomic mass is 10.1. The van der Waals surface area contributed by atoms with Gasteiger partial charge in [-0.1, -0.05) is 11.6 Å². The van der Waals surface area contributed by atoms with Crippen LogP contribution >= 0.6 is 11.6 Å². The van der Waals surface area contributed by atoms with Crippen LogP contribution in [0.5, 0.6) is 11.5 Å². The SMILES string of the molecule is COc1cc(Cl)cc(CN2CCN(S(C)(=O)=O)CC2)c1O. The Bertz CT molecular complexity index is 613. The Morgan fingerprint density at radius 1 is 1.29 bits per heavy atom. The molecule has 2 rings (SSSR count). The number of halogens is 1. The predicted octanol–water partition coefficient (Wildman–Crippen LogP) is 1.13. The molecule has 21 heavy (non-hydrogen) atoms. The summed E-state index contributed by atoms with van der Waals surface area (Å²) in [6.07, 6.45) is 1.22. The first-order chi connectivity index (χ1) is 9.81. The molecule has 1 saturated heterocycles. The van der Waals surface area contributed by atoms with Crippen molar-refractivity contribution in [1.82, 2.24) is 9.21 Å². The van der Waals surface area contributed by atoms with E-state index in [9.17, 15) is 13.5 Å². The molecule has 0 spiro atoms. The fourth-order valence-electron chi connectivity index (χ4n) is 2.36. The summed E-state index contributed by atoms with van der Waals surface area (Å²) in [5.74, 6) is 0.416. The van der Waals surface area contributed by atoms with Crippen LogP contribution in [-0.2, 0) is 16.6 Å². The average molecular weight is 335 g/mol. The summed E-state index contributed by atoms with van der Waals surface area (Å²) < 4.78 is 29.5. The molecule has 8 heteroatoms. The minimum atomic E-state index is -3.13. The molecule has 118 valence electrons. The number of hydrogen-bond acceptors (Lipinski definition) is 5. The maximum Gasteiger partial charge on any atom is 0.211 e. The van der Waals surface area contributed by atoms with Gasteiger partial charge in [-0.15, -0.1) is 0 Å². The molecule has 6 nitrogen and oxygen atoms in total. The van der Waals surface area contributed by atoms with Crippen LogP contribution in [0.25, 0.3) is 0 Å². The van der Waals surface area contributed by atoms with E-state index in [1.165, 1.54) is 17.7 Å². The Morgan fingerprint density at radius 3 is 2.43 bits per heavy atom. The number of aromatic hydroxyl groups is 1. The van der Waals surface area contributed by atoms with Crippen molar-refractivity contribution >= 4 is 21.6 Å². The summed E-state index contributed by atoms with van der Waals surface area (Å²) in [6.45, 7) is 2.64. The van der Waals surface area contributed by atoms with E-state index in [-0.39, 0.29) is 5.75 Å². The molecule has 0 aromatic heterocycles. The molecular formula is C13H19ClN2O4S. The first-order valence-corrected chi connectivity index (χ1v) is 8.76. The number of methoxy groups -OCH3 is 1. The number of hydrogen-bond donors (Lipinski definition) is 1. The number of benzene rings is 1. The largest absolute Gasteiger partial charge is 0.504 e. The first-order valence-electron chi connectivity index (χ1n) is 6.54. The molecule has 0 saturated carbocycles. The second kappa shape index (κ2) is 6.39. The van der Waals surface area contributed by atoms with Gasteiger partial charge in [0.15, 0.2) is 11.5 Å². The lowest BCUT2D eigenvalue weighted by Gasteiger charge is -2.33. The average Bonchev–Trinajstić information content (AvgIpc) is 2.42. The lowest BCUT2D eigenvalue weighted by molar-refractivity contribution is 0.180. The van der Waals surface area contributed by atoms with E-state index in [2.05, 4.69) is 4.90 Å². The van der Waals surface area contributed by atoms with E-state index in [1.54, 1.807) is 12.1 Å². The molecular weight excluding hydrogens is 316 g/mol. The fourth-order valence-corrected chi connectivity index (χ4v) is 3.42. The zero-order valence-corrected chi connectivity index (χ0v) is 13.6. The second-order valence-electron chi connectivity index (χ2n) is 5.05. The van der Waals surface area contributed by atoms with E-state index in [0.29, 0.717) is 49.1 Å². The number of piperazine rings is 1. The van der Waals surface area contributed by atoms with Gasteiger partial charge >= 0.3 is 0 Å². The molecule has 0 bridgehead atoms. The molecule has 1 aliphatic rings. The summed E-state index contributed by atoms with van der Waals surface area (Å²) in [5, 5.41) is 10.6. The maximum atomic E-state index is 11.5. The van der Waals surface area contributed by atoms with Crippen LogP contribution < -0.4 is 4.74 Å². The zero-order valence-electron chi connectivity index (χ0n) is 12.0. The molecule has 1 N–H and O–H groups in total. The van der Waals surface area contributed by atoms with Gasteiger partial charge in [-0.3, -0.25) is 4.90 Å². The van der Waals surface area contributed by atoms with Crippen LogP contribution in [0, 0.1) is 0 Å². The molecule has 1 fully saturated rings. The van der Waals surface area contributed by atoms with Gasteiger partial charge in [0.05, 0.1) is 13.4 Å². The van der Waals surface area contributed by atoms with Crippen molar-refractivity contribution in [2.24, 2.45) is 0 Å². The van der Waals surface area contributed by atoms with Crippen LogP contribution in [0.2, 0.25) is 5.02 Å². The third kappa shape index (κ3) is 4.00. The highest BCUT2D eigenvalue weighted by atomic mass is 35.5. The van der Waals surface area contributed by atoms with Gasteiger partial charge in [-0.05, 0) is 6.07 Å². The molecule has 0 aliphatic carbocycles. The van der Waals surface area contributed by atoms with Crippen molar-refractivity contribution in [3.05, 3.63) is 22.7 Å². The van der Waals surface area contributed by atoms with Crippen molar-refractivity contribution < 1.29 is 18.3 Å². The van der Waals surface area contributed by atoms with E-state index in [1.807, 2.05) is 0 Å². The highest BCUT2D eigenvalue weighted by Gasteiger charge is 2.24. The van der Waals surface area contributed by atoms with Crippen LogP contribution in [0.4, 0.5) is 0 Å². The van der Waals surface area contributed by atoms with Gasteiger partial charge < -0.3 is 9.84 Å². The Hall–Kier alpha value is -1.02. The summed E-state index contributed by atoms with van der Waals surface area (Å²) in [7, 11) is -1.66. The Balaban J connectivity index is 2.06. The number of sulfonamides is 1. The molecule has 0 unspecified atom stereocenters. The molecule has 0 radical (unpaired) electrons. The number of ether oxygens (including phenoxy) is 1. The standard InChI is InChI=1S/C13H19ClN2O4S/c1-20-12-8-11(14)7-10(13(12)17)9-15-3-5-16(6-4-15)21(2,18)19/h7-8,17H,3-6,9H2,1-2H3. The zero-order chi connectivity index (χ0) is 15.6. The molecule has 1 aromatic rings. The summed E-state index contributed by atoms with van der Waals surface area (Å²) in [6, 6.07) is 3.25. The van der Waals surface area contributed by atoms with Gasteiger partial charge in [-0.25, -0.2) is 8.42 Å². The fraction of sp³-hybridized carbons (Fsp3) is 0.538. The van der Waals surface area contributed by atoms with E-state index in [0.717, 1.165) is 0 Å². The minimum absolute atomic E-state index is 0.0763. The van der Waals surface area contributed by atoms with Crippen molar-refractivity contribution in [1.29, 1.82) is 0 Å². The Morgan fingerprint density at radius 2 is 1.90 bits per heavy atom. The van der Waals surface area contributed by atoms with Crippen molar-refractivity contribution in [2.75, 3.05) is 39.5 Å². The molecule has 0 amide bonds. The summed E-state index contributed by atoms with van der Waals surface area (Å²) in [5.41, 5.74) is 0.673. The van der Waals surface area contributed by atoms with Crippen molar-refractivity contribution in [2.45, 2.75) is 6.54 Å². The number of rotatable bonds is 4. The first kappa shape index (κ1) is 16.4. The number of phenols is 1. The highest BCUT2D eigenvalue weighted by Crippen LogP contribution is 2.34. The summed E-state index contributed by atoms with van der Waals surface area (Å²) >= 11 is 6.00. The predicted molar refractivity (Wildman–Crippen MR) is 81.4 cm³/mol. The van der Waals surface area contributed by atoms with E-state index >= 15 is 0 Å². The van der Waals surface area contributed by atoms with E-state index < -0.39 is 10.0 Å². The van der Waals surface area contributed by atoms with Gasteiger partial charge in [0.1, 0.15) is 0 Å². The molecule has 0 atom stereocenters. The van der Waals surface area contributed by atoms with E-state index in [4.69, 9.17) is 16.3 Å².